The molecular formula is C20H24BrN5O3S. The highest BCUT2D eigenvalue weighted by molar-refractivity contribution is 9.10. The number of hydrogen-bond acceptors (Lipinski definition) is 7. The number of fused-ring (bicyclic) bond motifs is 1. The van der Waals surface area contributed by atoms with Gasteiger partial charge in [-0.25, -0.2) is 13.4 Å². The Kier molecular flexibility index (Phi) is 5.99. The van der Waals surface area contributed by atoms with Crippen molar-refractivity contribution in [3.63, 3.8) is 0 Å². The van der Waals surface area contributed by atoms with Crippen molar-refractivity contribution in [3.8, 4) is 0 Å². The van der Waals surface area contributed by atoms with E-state index in [1.807, 2.05) is 6.07 Å². The summed E-state index contributed by atoms with van der Waals surface area (Å²) in [5, 5.41) is 20.9. The molecule has 2 unspecified atom stereocenters. The van der Waals surface area contributed by atoms with Gasteiger partial charge in [-0.1, -0.05) is 12.8 Å². The largest absolute Gasteiger partial charge is 0.396 e. The molecule has 2 atom stereocenters. The van der Waals surface area contributed by atoms with Crippen LogP contribution in [0.1, 0.15) is 25.7 Å². The molecule has 0 spiro atoms. The number of nitrogens with zero attached hydrogens (tertiary/aromatic N) is 3. The Labute approximate surface area is 183 Å². The molecule has 1 aliphatic rings. The first-order valence-electron chi connectivity index (χ1n) is 9.84. The Morgan fingerprint density at radius 2 is 1.97 bits per heavy atom. The molecule has 1 saturated carbocycles. The van der Waals surface area contributed by atoms with Gasteiger partial charge in [0.15, 0.2) is 15.5 Å². The molecule has 0 aliphatic heterocycles. The highest BCUT2D eigenvalue weighted by atomic mass is 79.9. The average Bonchev–Trinajstić information content (AvgIpc) is 3.09. The second-order valence-corrected chi connectivity index (χ2v) is 10.5. The van der Waals surface area contributed by atoms with Gasteiger partial charge < -0.3 is 15.7 Å². The summed E-state index contributed by atoms with van der Waals surface area (Å²) in [7, 11) is -3.25. The molecule has 3 aromatic rings. The lowest BCUT2D eigenvalue weighted by Crippen LogP contribution is -2.34. The molecule has 1 fully saturated rings. The molecular weight excluding hydrogens is 470 g/mol. The molecule has 2 heterocycles. The molecule has 1 aliphatic carbocycles. The van der Waals surface area contributed by atoms with Crippen LogP contribution >= 0.6 is 15.9 Å². The fraction of sp³-hybridized carbons (Fsp3) is 0.400. The van der Waals surface area contributed by atoms with Crippen LogP contribution in [0.5, 0.6) is 0 Å². The Morgan fingerprint density at radius 1 is 1.23 bits per heavy atom. The van der Waals surface area contributed by atoms with E-state index in [2.05, 4.69) is 36.6 Å². The van der Waals surface area contributed by atoms with Crippen LogP contribution in [-0.2, 0) is 9.84 Å². The van der Waals surface area contributed by atoms with Gasteiger partial charge >= 0.3 is 0 Å². The second kappa shape index (κ2) is 8.52. The van der Waals surface area contributed by atoms with Gasteiger partial charge in [-0.2, -0.15) is 9.61 Å². The summed E-state index contributed by atoms with van der Waals surface area (Å²) in [6.45, 7) is 0.161. The lowest BCUT2D eigenvalue weighted by molar-refractivity contribution is 0.178. The summed E-state index contributed by atoms with van der Waals surface area (Å²) in [5.41, 5.74) is 1.39. The number of aliphatic hydroxyl groups excluding tert-OH is 1. The molecule has 2 aromatic heterocycles. The molecule has 1 aromatic carbocycles. The van der Waals surface area contributed by atoms with Gasteiger partial charge in [0.1, 0.15) is 11.6 Å². The first-order chi connectivity index (χ1) is 14.3. The lowest BCUT2D eigenvalue weighted by Gasteiger charge is -2.31. The number of anilines is 3. The molecule has 0 bridgehead atoms. The highest BCUT2D eigenvalue weighted by Crippen LogP contribution is 2.29. The fourth-order valence-corrected chi connectivity index (χ4v) is 4.82. The van der Waals surface area contributed by atoms with Crippen LogP contribution in [0.4, 0.5) is 17.3 Å². The SMILES string of the molecule is CS(=O)(=O)c1ccc(Nc2cc(NC3CCCCC3CO)nc3c(Br)cnn23)cc1. The minimum Gasteiger partial charge on any atom is -0.396 e. The zero-order chi connectivity index (χ0) is 21.3. The van der Waals surface area contributed by atoms with Crippen molar-refractivity contribution < 1.29 is 13.5 Å². The summed E-state index contributed by atoms with van der Waals surface area (Å²) >= 11 is 3.49. The summed E-state index contributed by atoms with van der Waals surface area (Å²) in [6.07, 6.45) is 7.14. The zero-order valence-corrected chi connectivity index (χ0v) is 18.9. The van der Waals surface area contributed by atoms with E-state index in [1.54, 1.807) is 35.0 Å². The van der Waals surface area contributed by atoms with Gasteiger partial charge in [-0.3, -0.25) is 0 Å². The van der Waals surface area contributed by atoms with Gasteiger partial charge in [0.05, 0.1) is 15.6 Å². The van der Waals surface area contributed by atoms with E-state index < -0.39 is 9.84 Å². The van der Waals surface area contributed by atoms with Crippen molar-refractivity contribution >= 4 is 48.7 Å². The molecule has 160 valence electrons. The van der Waals surface area contributed by atoms with Crippen molar-refractivity contribution in [2.24, 2.45) is 5.92 Å². The minimum absolute atomic E-state index is 0.161. The number of aromatic nitrogens is 3. The molecule has 0 saturated heterocycles. The third-order valence-corrected chi connectivity index (χ3v) is 7.15. The van der Waals surface area contributed by atoms with Gasteiger partial charge in [-0.15, -0.1) is 0 Å². The molecule has 8 nitrogen and oxygen atoms in total. The topological polar surface area (TPSA) is 109 Å². The summed E-state index contributed by atoms with van der Waals surface area (Å²) < 4.78 is 25.8. The molecule has 4 rings (SSSR count). The van der Waals surface area contributed by atoms with Crippen molar-refractivity contribution in [3.05, 3.63) is 41.0 Å². The number of rotatable bonds is 6. The smallest absolute Gasteiger partial charge is 0.175 e. The Bertz CT molecular complexity index is 1150. The first kappa shape index (κ1) is 21.1. The van der Waals surface area contributed by atoms with Gasteiger partial charge in [0, 0.05) is 36.6 Å². The maximum atomic E-state index is 11.7. The Morgan fingerprint density at radius 3 is 2.67 bits per heavy atom. The van der Waals surface area contributed by atoms with Gasteiger partial charge in [-0.05, 0) is 53.0 Å². The summed E-state index contributed by atoms with van der Waals surface area (Å²) in [4.78, 5) is 4.96. The quantitative estimate of drug-likeness (QED) is 0.481. The predicted molar refractivity (Wildman–Crippen MR) is 120 cm³/mol. The Hall–Kier alpha value is -2.17. The van der Waals surface area contributed by atoms with Crippen LogP contribution in [-0.4, -0.2) is 47.0 Å². The van der Waals surface area contributed by atoms with E-state index in [0.717, 1.165) is 35.8 Å². The van der Waals surface area contributed by atoms with Crippen LogP contribution in [0.25, 0.3) is 5.65 Å². The molecule has 0 amide bonds. The van der Waals surface area contributed by atoms with Crippen molar-refractivity contribution in [1.29, 1.82) is 0 Å². The summed E-state index contributed by atoms with van der Waals surface area (Å²) in [5.74, 6) is 1.60. The van der Waals surface area contributed by atoms with Crippen molar-refractivity contribution in [2.75, 3.05) is 23.5 Å². The van der Waals surface area contributed by atoms with Crippen molar-refractivity contribution in [1.82, 2.24) is 14.6 Å². The van der Waals surface area contributed by atoms with Gasteiger partial charge in [0.2, 0.25) is 0 Å². The third-order valence-electron chi connectivity index (χ3n) is 5.46. The number of nitrogens with one attached hydrogen (secondary N) is 2. The molecule has 30 heavy (non-hydrogen) atoms. The molecule has 10 heteroatoms. The number of hydrogen-bond donors (Lipinski definition) is 3. The number of benzene rings is 1. The van der Waals surface area contributed by atoms with E-state index in [4.69, 9.17) is 0 Å². The van der Waals surface area contributed by atoms with Crippen LogP contribution in [0.2, 0.25) is 0 Å². The standard InChI is InChI=1S/C20H24BrN5O3S/c1-30(28,29)15-8-6-14(7-9-15)23-19-10-18(25-20-16(21)11-22-26(19)20)24-17-5-3-2-4-13(17)12-27/h6-11,13,17,23,27H,2-5,12H2,1H3,(H,24,25). The molecule has 3 N–H and O–H groups in total. The average molecular weight is 494 g/mol. The minimum atomic E-state index is -3.25. The van der Waals surface area contributed by atoms with E-state index in [9.17, 15) is 13.5 Å². The van der Waals surface area contributed by atoms with E-state index >= 15 is 0 Å². The predicted octanol–water partition coefficient (Wildman–Crippen LogP) is 3.60. The second-order valence-electron chi connectivity index (χ2n) is 7.65. The molecule has 0 radical (unpaired) electrons. The maximum Gasteiger partial charge on any atom is 0.175 e. The third kappa shape index (κ3) is 4.45. The fourth-order valence-electron chi connectivity index (χ4n) is 3.84. The van der Waals surface area contributed by atoms with Crippen LogP contribution < -0.4 is 10.6 Å². The maximum absolute atomic E-state index is 11.7. The van der Waals surface area contributed by atoms with E-state index in [0.29, 0.717) is 17.3 Å². The Balaban J connectivity index is 1.65. The van der Waals surface area contributed by atoms with Crippen LogP contribution in [0.3, 0.4) is 0 Å². The monoisotopic (exact) mass is 493 g/mol. The van der Waals surface area contributed by atoms with Crippen LogP contribution in [0, 0.1) is 5.92 Å². The summed E-state index contributed by atoms with van der Waals surface area (Å²) in [6, 6.07) is 8.63. The zero-order valence-electron chi connectivity index (χ0n) is 16.5. The first-order valence-corrected chi connectivity index (χ1v) is 12.5. The van der Waals surface area contributed by atoms with Gasteiger partial charge in [0.25, 0.3) is 0 Å². The number of aliphatic hydroxyl groups is 1. The van der Waals surface area contributed by atoms with Crippen LogP contribution in [0.15, 0.2) is 45.9 Å². The van der Waals surface area contributed by atoms with E-state index in [1.165, 1.54) is 6.26 Å². The number of sulfone groups is 1. The number of halogens is 1. The van der Waals surface area contributed by atoms with Crippen molar-refractivity contribution in [2.45, 2.75) is 36.6 Å². The van der Waals surface area contributed by atoms with E-state index in [-0.39, 0.29) is 23.5 Å². The normalized spacial score (nSPS) is 19.7. The lowest BCUT2D eigenvalue weighted by atomic mass is 9.85. The highest BCUT2D eigenvalue weighted by Gasteiger charge is 2.25.